The number of aryl methyl sites for hydroxylation is 1. The smallest absolute Gasteiger partial charge is 0.337 e. The minimum atomic E-state index is -1.48. The summed E-state index contributed by atoms with van der Waals surface area (Å²) in [6.07, 6.45) is 0.622. The van der Waals surface area contributed by atoms with Gasteiger partial charge in [0.05, 0.1) is 22.9 Å². The summed E-state index contributed by atoms with van der Waals surface area (Å²) in [4.78, 5) is 24.9. The van der Waals surface area contributed by atoms with Gasteiger partial charge in [-0.05, 0) is 65.8 Å². The van der Waals surface area contributed by atoms with Gasteiger partial charge in [0, 0.05) is 19.9 Å². The Morgan fingerprint density at radius 1 is 1.24 bits per heavy atom. The summed E-state index contributed by atoms with van der Waals surface area (Å²) >= 11 is 3.59. The zero-order valence-electron chi connectivity index (χ0n) is 15.3. The first-order valence-corrected chi connectivity index (χ1v) is 10.7. The van der Waals surface area contributed by atoms with Gasteiger partial charge in [0.15, 0.2) is 11.6 Å². The maximum absolute atomic E-state index is 14.8. The summed E-state index contributed by atoms with van der Waals surface area (Å²) in [7, 11) is 0. The molecule has 0 bridgehead atoms. The Kier molecular flexibility index (Phi) is 6.47. The third-order valence-corrected chi connectivity index (χ3v) is 6.28. The number of hydrogen-bond acceptors (Lipinski definition) is 4. The molecule has 0 spiro atoms. The van der Waals surface area contributed by atoms with Gasteiger partial charge in [-0.15, -0.1) is 11.8 Å². The number of hydrogen-bond donors (Lipinski definition) is 3. The molecule has 0 saturated carbocycles. The molecule has 1 amide bonds. The molecule has 2 aromatic rings. The maximum Gasteiger partial charge on any atom is 0.337 e. The van der Waals surface area contributed by atoms with Crippen molar-refractivity contribution in [3.05, 3.63) is 67.6 Å². The Balaban J connectivity index is 2.00. The Morgan fingerprint density at radius 3 is 2.55 bits per heavy atom. The molecule has 0 aliphatic carbocycles. The first-order valence-electron chi connectivity index (χ1n) is 8.60. The second-order valence-corrected chi connectivity index (χ2v) is 8.96. The number of carboxylic acid groups (broad SMARTS) is 1. The van der Waals surface area contributed by atoms with Gasteiger partial charge >= 0.3 is 5.97 Å². The Hall–Kier alpha value is -2.14. The molecule has 5 nitrogen and oxygen atoms in total. The van der Waals surface area contributed by atoms with Crippen LogP contribution in [0.2, 0.25) is 0 Å². The number of anilines is 2. The lowest BCUT2D eigenvalue weighted by Gasteiger charge is -2.17. The van der Waals surface area contributed by atoms with E-state index < -0.39 is 40.3 Å². The molecular formula is C20H17F2IN2O3S. The van der Waals surface area contributed by atoms with Crippen LogP contribution in [-0.2, 0) is 0 Å². The van der Waals surface area contributed by atoms with Crippen molar-refractivity contribution in [1.29, 1.82) is 0 Å². The highest BCUT2D eigenvalue weighted by atomic mass is 127. The lowest BCUT2D eigenvalue weighted by Crippen LogP contribution is -2.34. The van der Waals surface area contributed by atoms with E-state index in [4.69, 9.17) is 0 Å². The quantitative estimate of drug-likeness (QED) is 0.471. The first-order chi connectivity index (χ1) is 13.7. The van der Waals surface area contributed by atoms with E-state index in [0.717, 1.165) is 25.9 Å². The topological polar surface area (TPSA) is 78.4 Å². The minimum Gasteiger partial charge on any atom is -0.478 e. The number of aromatic carboxylic acids is 1. The van der Waals surface area contributed by atoms with E-state index >= 15 is 0 Å². The van der Waals surface area contributed by atoms with Crippen molar-refractivity contribution in [3.8, 4) is 0 Å². The molecule has 1 fully saturated rings. The Labute approximate surface area is 184 Å². The van der Waals surface area contributed by atoms with E-state index in [-0.39, 0.29) is 6.04 Å². The van der Waals surface area contributed by atoms with Crippen molar-refractivity contribution in [2.45, 2.75) is 19.4 Å². The number of carboxylic acids is 1. The molecule has 1 saturated heterocycles. The fourth-order valence-corrected chi connectivity index (χ4v) is 4.58. The Morgan fingerprint density at radius 2 is 1.97 bits per heavy atom. The van der Waals surface area contributed by atoms with Crippen molar-refractivity contribution >= 4 is 57.6 Å². The van der Waals surface area contributed by atoms with Crippen LogP contribution in [0.15, 0.2) is 35.7 Å². The highest BCUT2D eigenvalue weighted by molar-refractivity contribution is 14.1. The summed E-state index contributed by atoms with van der Waals surface area (Å²) in [6.45, 7) is 5.58. The molecule has 1 aliphatic heterocycles. The van der Waals surface area contributed by atoms with Gasteiger partial charge in [-0.1, -0.05) is 6.58 Å². The third kappa shape index (κ3) is 4.55. The fourth-order valence-electron chi connectivity index (χ4n) is 2.94. The lowest BCUT2D eigenvalue weighted by molar-refractivity contribution is 0.0697. The van der Waals surface area contributed by atoms with E-state index in [1.54, 1.807) is 19.1 Å². The summed E-state index contributed by atoms with van der Waals surface area (Å²) in [6, 6.07) is 5.69. The molecule has 1 heterocycles. The van der Waals surface area contributed by atoms with Crippen LogP contribution in [0, 0.1) is 22.1 Å². The molecule has 1 atom stereocenters. The minimum absolute atomic E-state index is 0.365. The van der Waals surface area contributed by atoms with Crippen LogP contribution in [-0.4, -0.2) is 28.8 Å². The van der Waals surface area contributed by atoms with Gasteiger partial charge in [-0.25, -0.2) is 13.6 Å². The van der Waals surface area contributed by atoms with E-state index in [1.165, 1.54) is 11.8 Å². The number of carbonyl (C=O) groups is 2. The largest absolute Gasteiger partial charge is 0.478 e. The molecule has 29 heavy (non-hydrogen) atoms. The standard InChI is InChI=1S/C20H17F2IN2O3S/c1-9-7-11(23)3-4-14(9)24-18-13(20(27)28)8-12(16(21)17(18)22)19(26)25-15-5-6-29-10(15)2/h3-4,7-8,15,24H,2,5-6H2,1H3,(H,25,26)(H,27,28). The zero-order valence-corrected chi connectivity index (χ0v) is 18.3. The predicted molar refractivity (Wildman–Crippen MR) is 118 cm³/mol. The van der Waals surface area contributed by atoms with Gasteiger partial charge in [-0.3, -0.25) is 4.79 Å². The average molecular weight is 530 g/mol. The first kappa shape index (κ1) is 21.6. The van der Waals surface area contributed by atoms with Crippen LogP contribution in [0.1, 0.15) is 32.7 Å². The molecule has 1 aliphatic rings. The van der Waals surface area contributed by atoms with Gasteiger partial charge in [0.25, 0.3) is 5.91 Å². The van der Waals surface area contributed by atoms with Crippen LogP contribution in [0.25, 0.3) is 0 Å². The van der Waals surface area contributed by atoms with Crippen LogP contribution in [0.4, 0.5) is 20.2 Å². The van der Waals surface area contributed by atoms with E-state index in [2.05, 4.69) is 39.8 Å². The summed E-state index contributed by atoms with van der Waals surface area (Å²) in [5.74, 6) is -4.43. The average Bonchev–Trinajstić information content (AvgIpc) is 3.05. The molecule has 152 valence electrons. The van der Waals surface area contributed by atoms with Crippen molar-refractivity contribution < 1.29 is 23.5 Å². The second-order valence-electron chi connectivity index (χ2n) is 6.49. The van der Waals surface area contributed by atoms with Crippen LogP contribution < -0.4 is 10.6 Å². The van der Waals surface area contributed by atoms with Crippen LogP contribution >= 0.6 is 34.4 Å². The van der Waals surface area contributed by atoms with Gasteiger partial charge in [0.2, 0.25) is 0 Å². The predicted octanol–water partition coefficient (Wildman–Crippen LogP) is 5.07. The lowest BCUT2D eigenvalue weighted by atomic mass is 10.0. The molecular weight excluding hydrogens is 513 g/mol. The van der Waals surface area contributed by atoms with E-state index in [0.29, 0.717) is 12.1 Å². The highest BCUT2D eigenvalue weighted by Crippen LogP contribution is 2.32. The zero-order chi connectivity index (χ0) is 21.3. The van der Waals surface area contributed by atoms with Crippen molar-refractivity contribution in [1.82, 2.24) is 5.32 Å². The molecule has 3 N–H and O–H groups in total. The maximum atomic E-state index is 14.8. The molecule has 3 rings (SSSR count). The van der Waals surface area contributed by atoms with E-state index in [9.17, 15) is 23.5 Å². The normalized spacial score (nSPS) is 16.0. The molecule has 0 radical (unpaired) electrons. The number of carbonyl (C=O) groups excluding carboxylic acids is 1. The molecule has 0 aromatic heterocycles. The third-order valence-electron chi connectivity index (χ3n) is 4.52. The summed E-state index contributed by atoms with van der Waals surface area (Å²) in [5.41, 5.74) is -0.562. The molecule has 2 aromatic carbocycles. The number of amides is 1. The van der Waals surface area contributed by atoms with Crippen LogP contribution in [0.5, 0.6) is 0 Å². The van der Waals surface area contributed by atoms with Crippen molar-refractivity contribution in [2.75, 3.05) is 11.1 Å². The molecule has 1 unspecified atom stereocenters. The van der Waals surface area contributed by atoms with Gasteiger partial charge in [0.1, 0.15) is 0 Å². The second kappa shape index (κ2) is 8.70. The monoisotopic (exact) mass is 530 g/mol. The van der Waals surface area contributed by atoms with Crippen molar-refractivity contribution in [3.63, 3.8) is 0 Å². The summed E-state index contributed by atoms with van der Waals surface area (Å²) < 4.78 is 30.5. The number of thioether (sulfide) groups is 1. The fraction of sp³-hybridized carbons (Fsp3) is 0.200. The SMILES string of the molecule is C=C1SCCC1NC(=O)c1cc(C(=O)O)c(Nc2ccc(I)cc2C)c(F)c1F. The van der Waals surface area contributed by atoms with Gasteiger partial charge < -0.3 is 15.7 Å². The van der Waals surface area contributed by atoms with E-state index in [1.807, 2.05) is 6.07 Å². The van der Waals surface area contributed by atoms with Gasteiger partial charge in [-0.2, -0.15) is 0 Å². The van der Waals surface area contributed by atoms with Crippen molar-refractivity contribution in [2.24, 2.45) is 0 Å². The number of nitrogens with one attached hydrogen (secondary N) is 2. The molecule has 9 heteroatoms. The Bertz CT molecular complexity index is 1030. The number of halogens is 3. The summed E-state index contributed by atoms with van der Waals surface area (Å²) in [5, 5.41) is 14.8. The highest BCUT2D eigenvalue weighted by Gasteiger charge is 2.28. The van der Waals surface area contributed by atoms with Crippen LogP contribution in [0.3, 0.4) is 0 Å². The number of benzene rings is 2. The number of rotatable bonds is 5.